The van der Waals surface area contributed by atoms with Crippen LogP contribution in [0.5, 0.6) is 0 Å². The zero-order valence-electron chi connectivity index (χ0n) is 16.1. The summed E-state index contributed by atoms with van der Waals surface area (Å²) in [5, 5.41) is 3.53. The van der Waals surface area contributed by atoms with E-state index in [-0.39, 0.29) is 5.56 Å². The maximum atomic E-state index is 12.8. The number of nitrogens with zero attached hydrogens (tertiary/aromatic N) is 2. The lowest BCUT2D eigenvalue weighted by Gasteiger charge is -2.10. The van der Waals surface area contributed by atoms with Crippen molar-refractivity contribution in [2.75, 3.05) is 5.32 Å². The highest BCUT2D eigenvalue weighted by Gasteiger charge is 2.15. The van der Waals surface area contributed by atoms with Crippen LogP contribution < -0.4 is 10.9 Å². The summed E-state index contributed by atoms with van der Waals surface area (Å²) >= 11 is 0. The summed E-state index contributed by atoms with van der Waals surface area (Å²) in [6.45, 7) is 1.89. The molecule has 0 saturated carbocycles. The maximum absolute atomic E-state index is 12.8. The number of aryl methyl sites for hydroxylation is 1. The van der Waals surface area contributed by atoms with E-state index in [9.17, 15) is 9.59 Å². The number of fused-ring (bicyclic) bond motifs is 2. The number of aromatic nitrogens is 2. The van der Waals surface area contributed by atoms with E-state index in [1.807, 2.05) is 66.2 Å². The molecule has 3 aromatic heterocycles. The topological polar surface area (TPSA) is 76.6 Å². The highest BCUT2D eigenvalue weighted by Crippen LogP contribution is 2.26. The van der Waals surface area contributed by atoms with Crippen molar-refractivity contribution < 1.29 is 9.21 Å². The van der Waals surface area contributed by atoms with Gasteiger partial charge in [0.1, 0.15) is 16.8 Å². The number of benzene rings is 2. The van der Waals surface area contributed by atoms with Crippen LogP contribution in [0.3, 0.4) is 0 Å². The van der Waals surface area contributed by atoms with Gasteiger partial charge in [0.2, 0.25) is 0 Å². The molecule has 0 aliphatic carbocycles. The molecule has 5 rings (SSSR count). The van der Waals surface area contributed by atoms with Gasteiger partial charge in [-0.15, -0.1) is 0 Å². The predicted molar refractivity (Wildman–Crippen MR) is 116 cm³/mol. The number of hydrogen-bond acceptors (Lipinski definition) is 4. The third kappa shape index (κ3) is 3.14. The first-order chi connectivity index (χ1) is 14.6. The molecule has 6 nitrogen and oxygen atoms in total. The van der Waals surface area contributed by atoms with Gasteiger partial charge in [0.25, 0.3) is 5.91 Å². The van der Waals surface area contributed by atoms with Crippen LogP contribution in [0.4, 0.5) is 5.69 Å². The summed E-state index contributed by atoms with van der Waals surface area (Å²) in [4.78, 5) is 29.8. The van der Waals surface area contributed by atoms with E-state index in [2.05, 4.69) is 10.3 Å². The highest BCUT2D eigenvalue weighted by molar-refractivity contribution is 6.06. The lowest BCUT2D eigenvalue weighted by molar-refractivity contribution is 0.102. The fourth-order valence-electron chi connectivity index (χ4n) is 3.40. The van der Waals surface area contributed by atoms with Crippen LogP contribution in [0.2, 0.25) is 0 Å². The second-order valence-electron chi connectivity index (χ2n) is 7.06. The Bertz CT molecular complexity index is 1450. The van der Waals surface area contributed by atoms with Gasteiger partial charge in [-0.2, -0.15) is 0 Å². The van der Waals surface area contributed by atoms with Gasteiger partial charge in [-0.3, -0.25) is 4.79 Å². The Labute approximate surface area is 171 Å². The Morgan fingerprint density at radius 1 is 1.03 bits per heavy atom. The average molecular weight is 395 g/mol. The van der Waals surface area contributed by atoms with Crippen molar-refractivity contribution in [2.24, 2.45) is 0 Å². The number of anilines is 1. The van der Waals surface area contributed by atoms with E-state index in [1.165, 1.54) is 0 Å². The van der Waals surface area contributed by atoms with Crippen molar-refractivity contribution in [1.82, 2.24) is 9.38 Å². The number of amides is 1. The lowest BCUT2D eigenvalue weighted by Crippen LogP contribution is -2.21. The summed E-state index contributed by atoms with van der Waals surface area (Å²) in [5.41, 5.74) is 3.73. The molecule has 30 heavy (non-hydrogen) atoms. The number of imidazole rings is 1. The fraction of sp³-hybridized carbons (Fsp3) is 0.0417. The summed E-state index contributed by atoms with van der Waals surface area (Å²) in [6, 6.07) is 20.2. The normalized spacial score (nSPS) is 11.1. The van der Waals surface area contributed by atoms with Gasteiger partial charge in [0, 0.05) is 29.0 Å². The third-order valence-electron chi connectivity index (χ3n) is 5.03. The quantitative estimate of drug-likeness (QED) is 0.451. The molecule has 1 N–H and O–H groups in total. The molecule has 0 saturated heterocycles. The van der Waals surface area contributed by atoms with E-state index in [0.717, 1.165) is 22.5 Å². The Hall–Kier alpha value is -4.19. The van der Waals surface area contributed by atoms with Crippen LogP contribution in [0, 0.1) is 6.92 Å². The van der Waals surface area contributed by atoms with Crippen LogP contribution in [0.25, 0.3) is 27.9 Å². The van der Waals surface area contributed by atoms with Crippen molar-refractivity contribution in [3.8, 4) is 11.3 Å². The molecule has 0 spiro atoms. The van der Waals surface area contributed by atoms with Crippen LogP contribution in [-0.2, 0) is 0 Å². The monoisotopic (exact) mass is 395 g/mol. The number of hydrogen-bond donors (Lipinski definition) is 1. The molecule has 6 heteroatoms. The Kier molecular flexibility index (Phi) is 4.17. The Balaban J connectivity index is 1.50. The molecule has 0 atom stereocenters. The van der Waals surface area contributed by atoms with Crippen molar-refractivity contribution in [3.63, 3.8) is 0 Å². The summed E-state index contributed by atoms with van der Waals surface area (Å²) < 4.78 is 7.22. The van der Waals surface area contributed by atoms with Crippen molar-refractivity contribution in [3.05, 3.63) is 101 Å². The Morgan fingerprint density at radius 2 is 1.87 bits per heavy atom. The van der Waals surface area contributed by atoms with E-state index in [4.69, 9.17) is 4.42 Å². The molecule has 146 valence electrons. The molecule has 5 aromatic rings. The first kappa shape index (κ1) is 17.9. The smallest absolute Gasteiger partial charge is 0.349 e. The van der Waals surface area contributed by atoms with Gasteiger partial charge in [-0.1, -0.05) is 36.4 Å². The predicted octanol–water partition coefficient (Wildman–Crippen LogP) is 4.67. The minimum atomic E-state index is -0.666. The average Bonchev–Trinajstić information content (AvgIpc) is 3.19. The van der Waals surface area contributed by atoms with Crippen molar-refractivity contribution >= 4 is 28.2 Å². The second-order valence-corrected chi connectivity index (χ2v) is 7.06. The number of pyridine rings is 1. The molecule has 0 bridgehead atoms. The summed E-state index contributed by atoms with van der Waals surface area (Å²) in [7, 11) is 0. The van der Waals surface area contributed by atoms with Gasteiger partial charge in [-0.05, 0) is 42.8 Å². The van der Waals surface area contributed by atoms with Gasteiger partial charge < -0.3 is 14.1 Å². The van der Waals surface area contributed by atoms with Crippen LogP contribution in [0.15, 0.2) is 88.3 Å². The molecule has 0 fully saturated rings. The summed E-state index contributed by atoms with van der Waals surface area (Å²) in [6.07, 6.45) is 3.87. The van der Waals surface area contributed by atoms with Crippen LogP contribution in [-0.4, -0.2) is 15.3 Å². The Morgan fingerprint density at radius 3 is 2.73 bits per heavy atom. The number of para-hydroxylation sites is 1. The molecule has 0 unspecified atom stereocenters. The SMILES string of the molecule is Cc1ccc(-c2cn3ccccc3n2)cc1NC(=O)c1cc2ccccc2oc1=O. The highest BCUT2D eigenvalue weighted by atomic mass is 16.4. The third-order valence-corrected chi connectivity index (χ3v) is 5.03. The van der Waals surface area contributed by atoms with Crippen molar-refractivity contribution in [2.45, 2.75) is 6.92 Å². The largest absolute Gasteiger partial charge is 0.422 e. The van der Waals surface area contributed by atoms with Gasteiger partial charge in [-0.25, -0.2) is 9.78 Å². The minimum Gasteiger partial charge on any atom is -0.422 e. The first-order valence-electron chi connectivity index (χ1n) is 9.47. The molecule has 0 radical (unpaired) electrons. The molecular formula is C24H17N3O3. The molecule has 0 aliphatic rings. The second kappa shape index (κ2) is 7.00. The molecule has 1 amide bonds. The standard InChI is InChI=1S/C24H17N3O3/c1-15-9-10-16(20-14-27-11-5-4-8-22(27)25-20)13-19(15)26-23(28)18-12-17-6-2-3-7-21(17)30-24(18)29/h2-14H,1H3,(H,26,28). The number of carbonyl (C=O) groups is 1. The zero-order chi connectivity index (χ0) is 20.7. The molecule has 3 heterocycles. The van der Waals surface area contributed by atoms with Crippen molar-refractivity contribution in [1.29, 1.82) is 0 Å². The van der Waals surface area contributed by atoms with E-state index >= 15 is 0 Å². The van der Waals surface area contributed by atoms with E-state index < -0.39 is 11.5 Å². The minimum absolute atomic E-state index is 0.0359. The first-order valence-corrected chi connectivity index (χ1v) is 9.47. The number of carbonyl (C=O) groups excluding carboxylic acids is 1. The van der Waals surface area contributed by atoms with Crippen LogP contribution >= 0.6 is 0 Å². The number of rotatable bonds is 3. The van der Waals surface area contributed by atoms with E-state index in [1.54, 1.807) is 24.3 Å². The van der Waals surface area contributed by atoms with E-state index in [0.29, 0.717) is 16.7 Å². The molecule has 2 aromatic carbocycles. The summed E-state index contributed by atoms with van der Waals surface area (Å²) in [5.74, 6) is -0.509. The lowest BCUT2D eigenvalue weighted by atomic mass is 10.1. The zero-order valence-corrected chi connectivity index (χ0v) is 16.1. The number of nitrogens with one attached hydrogen (secondary N) is 1. The molecule has 0 aliphatic heterocycles. The van der Waals surface area contributed by atoms with Gasteiger partial charge >= 0.3 is 5.63 Å². The van der Waals surface area contributed by atoms with Gasteiger partial charge in [0.05, 0.1) is 5.69 Å². The fourth-order valence-corrected chi connectivity index (χ4v) is 3.40. The van der Waals surface area contributed by atoms with Crippen LogP contribution in [0.1, 0.15) is 15.9 Å². The van der Waals surface area contributed by atoms with Gasteiger partial charge in [0.15, 0.2) is 0 Å². The molecular weight excluding hydrogens is 378 g/mol. The maximum Gasteiger partial charge on any atom is 0.349 e.